The molecule has 1 rings (SSSR count). The molecule has 0 saturated carbocycles. The van der Waals surface area contributed by atoms with E-state index in [1.165, 1.54) is 6.26 Å². The van der Waals surface area contributed by atoms with Crippen LogP contribution in [-0.2, 0) is 16.3 Å². The minimum Gasteiger partial charge on any atom is -0.271 e. The summed E-state index contributed by atoms with van der Waals surface area (Å²) in [7, 11) is -3.19. The van der Waals surface area contributed by atoms with Crippen molar-refractivity contribution in [3.8, 4) is 0 Å². The van der Waals surface area contributed by atoms with Crippen LogP contribution in [0, 0.1) is 6.92 Å². The molecule has 0 aliphatic rings. The fraction of sp³-hybridized carbons (Fsp3) is 0.538. The molecular weight excluding hydrogens is 248 g/mol. The molecule has 0 radical (unpaired) electrons. The van der Waals surface area contributed by atoms with E-state index in [1.807, 2.05) is 31.2 Å². The molecule has 0 fully saturated rings. The first kappa shape index (κ1) is 15.1. The topological polar surface area (TPSA) is 72.2 Å². The van der Waals surface area contributed by atoms with Crippen molar-refractivity contribution in [1.29, 1.82) is 0 Å². The van der Waals surface area contributed by atoms with Gasteiger partial charge >= 0.3 is 0 Å². The van der Waals surface area contributed by atoms with Gasteiger partial charge in [0.15, 0.2) is 9.84 Å². The maximum atomic E-state index is 11.8. The highest BCUT2D eigenvalue weighted by Crippen LogP contribution is 2.23. The number of nitrogens with two attached hydrogens (primary N) is 1. The maximum absolute atomic E-state index is 11.8. The van der Waals surface area contributed by atoms with Crippen molar-refractivity contribution in [2.75, 3.05) is 6.26 Å². The van der Waals surface area contributed by atoms with E-state index in [2.05, 4.69) is 5.43 Å². The van der Waals surface area contributed by atoms with Gasteiger partial charge in [-0.3, -0.25) is 11.3 Å². The molecule has 4 nitrogen and oxygen atoms in total. The minimum atomic E-state index is -3.19. The summed E-state index contributed by atoms with van der Waals surface area (Å²) in [6.07, 6.45) is 1.83. The first-order valence-corrected chi connectivity index (χ1v) is 7.79. The SMILES string of the molecule is Cc1ccccc1CC(NN)C(C)(C)S(C)(=O)=O. The van der Waals surface area contributed by atoms with E-state index in [0.29, 0.717) is 6.42 Å². The highest BCUT2D eigenvalue weighted by atomic mass is 32.2. The number of aryl methyl sites for hydroxylation is 1. The average Bonchev–Trinajstić information content (AvgIpc) is 2.26. The van der Waals surface area contributed by atoms with Gasteiger partial charge in [-0.1, -0.05) is 24.3 Å². The molecule has 102 valence electrons. The molecular formula is C13H22N2O2S. The lowest BCUT2D eigenvalue weighted by atomic mass is 9.94. The van der Waals surface area contributed by atoms with Crippen molar-refractivity contribution >= 4 is 9.84 Å². The molecule has 0 aliphatic carbocycles. The summed E-state index contributed by atoms with van der Waals surface area (Å²) in [5.41, 5.74) is 4.89. The monoisotopic (exact) mass is 270 g/mol. The van der Waals surface area contributed by atoms with E-state index in [-0.39, 0.29) is 6.04 Å². The van der Waals surface area contributed by atoms with Crippen molar-refractivity contribution in [2.24, 2.45) is 5.84 Å². The predicted octanol–water partition coefficient (Wildman–Crippen LogP) is 1.19. The van der Waals surface area contributed by atoms with Gasteiger partial charge < -0.3 is 0 Å². The maximum Gasteiger partial charge on any atom is 0.154 e. The smallest absolute Gasteiger partial charge is 0.154 e. The molecule has 0 aromatic heterocycles. The molecule has 0 bridgehead atoms. The molecule has 1 aromatic carbocycles. The van der Waals surface area contributed by atoms with E-state index in [1.54, 1.807) is 13.8 Å². The van der Waals surface area contributed by atoms with Crippen molar-refractivity contribution < 1.29 is 8.42 Å². The molecule has 0 heterocycles. The van der Waals surface area contributed by atoms with Gasteiger partial charge in [-0.05, 0) is 38.3 Å². The van der Waals surface area contributed by atoms with Crippen molar-refractivity contribution in [2.45, 2.75) is 38.0 Å². The molecule has 0 aliphatic heterocycles. The molecule has 5 heteroatoms. The molecule has 0 saturated heterocycles. The Morgan fingerprint density at radius 3 is 2.33 bits per heavy atom. The zero-order valence-corrected chi connectivity index (χ0v) is 12.2. The Bertz CT molecular complexity index is 509. The molecule has 1 unspecified atom stereocenters. The van der Waals surface area contributed by atoms with Crippen molar-refractivity contribution in [3.63, 3.8) is 0 Å². The van der Waals surface area contributed by atoms with E-state index >= 15 is 0 Å². The normalized spacial score (nSPS) is 14.5. The number of nitrogens with one attached hydrogen (secondary N) is 1. The highest BCUT2D eigenvalue weighted by Gasteiger charge is 2.38. The molecule has 18 heavy (non-hydrogen) atoms. The zero-order chi connectivity index (χ0) is 14.0. The Labute approximate surface area is 109 Å². The van der Waals surface area contributed by atoms with E-state index in [0.717, 1.165) is 11.1 Å². The second kappa shape index (κ2) is 5.38. The predicted molar refractivity (Wildman–Crippen MR) is 74.9 cm³/mol. The third kappa shape index (κ3) is 3.10. The lowest BCUT2D eigenvalue weighted by molar-refractivity contribution is 0.412. The highest BCUT2D eigenvalue weighted by molar-refractivity contribution is 7.92. The summed E-state index contributed by atoms with van der Waals surface area (Å²) >= 11 is 0. The van der Waals surface area contributed by atoms with Crippen LogP contribution >= 0.6 is 0 Å². The molecule has 1 atom stereocenters. The molecule has 0 amide bonds. The summed E-state index contributed by atoms with van der Waals surface area (Å²) in [5.74, 6) is 5.54. The second-order valence-corrected chi connectivity index (χ2v) is 7.82. The average molecular weight is 270 g/mol. The van der Waals surface area contributed by atoms with Crippen LogP contribution in [0.2, 0.25) is 0 Å². The van der Waals surface area contributed by atoms with Crippen molar-refractivity contribution in [1.82, 2.24) is 5.43 Å². The summed E-state index contributed by atoms with van der Waals surface area (Å²) in [5, 5.41) is 0. The van der Waals surface area contributed by atoms with Gasteiger partial charge in [-0.25, -0.2) is 8.42 Å². The van der Waals surface area contributed by atoms with Gasteiger partial charge in [-0.2, -0.15) is 0 Å². The van der Waals surface area contributed by atoms with E-state index < -0.39 is 14.6 Å². The van der Waals surface area contributed by atoms with Gasteiger partial charge in [-0.15, -0.1) is 0 Å². The standard InChI is InChI=1S/C13H22N2O2S/c1-10-7-5-6-8-11(10)9-12(15-14)13(2,3)18(4,16)17/h5-8,12,15H,9,14H2,1-4H3. The fourth-order valence-corrected chi connectivity index (χ4v) is 2.49. The van der Waals surface area contributed by atoms with Crippen LogP contribution in [0.5, 0.6) is 0 Å². The molecule has 3 N–H and O–H groups in total. The minimum absolute atomic E-state index is 0.325. The lowest BCUT2D eigenvalue weighted by Crippen LogP contribution is -2.55. The van der Waals surface area contributed by atoms with Gasteiger partial charge in [0.25, 0.3) is 0 Å². The first-order valence-electron chi connectivity index (χ1n) is 5.90. The third-order valence-corrected chi connectivity index (χ3v) is 5.88. The van der Waals surface area contributed by atoms with Crippen LogP contribution in [0.4, 0.5) is 0 Å². The van der Waals surface area contributed by atoms with Crippen LogP contribution in [0.3, 0.4) is 0 Å². The first-order chi connectivity index (χ1) is 8.20. The summed E-state index contributed by atoms with van der Waals surface area (Å²) in [4.78, 5) is 0. The van der Waals surface area contributed by atoms with Crippen molar-refractivity contribution in [3.05, 3.63) is 35.4 Å². The van der Waals surface area contributed by atoms with Crippen LogP contribution in [0.1, 0.15) is 25.0 Å². The second-order valence-electron chi connectivity index (χ2n) is 5.23. The Balaban J connectivity index is 3.04. The summed E-state index contributed by atoms with van der Waals surface area (Å²) in [6, 6.07) is 7.59. The quantitative estimate of drug-likeness (QED) is 0.623. The third-order valence-electron chi connectivity index (χ3n) is 3.68. The number of hydrogen-bond donors (Lipinski definition) is 2. The Kier molecular flexibility index (Phi) is 4.53. The van der Waals surface area contributed by atoms with E-state index in [4.69, 9.17) is 5.84 Å². The number of sulfone groups is 1. The number of hydrogen-bond acceptors (Lipinski definition) is 4. The van der Waals surface area contributed by atoms with Crippen LogP contribution in [0.25, 0.3) is 0 Å². The zero-order valence-electron chi connectivity index (χ0n) is 11.4. The molecule has 1 aromatic rings. The lowest BCUT2D eigenvalue weighted by Gasteiger charge is -2.32. The van der Waals surface area contributed by atoms with Gasteiger partial charge in [0.2, 0.25) is 0 Å². The number of benzene rings is 1. The number of hydrazine groups is 1. The van der Waals surface area contributed by atoms with Crippen LogP contribution < -0.4 is 11.3 Å². The van der Waals surface area contributed by atoms with Crippen LogP contribution in [0.15, 0.2) is 24.3 Å². The van der Waals surface area contributed by atoms with Gasteiger partial charge in [0.05, 0.1) is 4.75 Å². The van der Waals surface area contributed by atoms with E-state index in [9.17, 15) is 8.42 Å². The van der Waals surface area contributed by atoms with Gasteiger partial charge in [0.1, 0.15) is 0 Å². The largest absolute Gasteiger partial charge is 0.271 e. The van der Waals surface area contributed by atoms with Gasteiger partial charge in [0, 0.05) is 12.3 Å². The summed E-state index contributed by atoms with van der Waals surface area (Å²) < 4.78 is 22.8. The number of rotatable bonds is 5. The fourth-order valence-electron chi connectivity index (χ4n) is 1.82. The summed E-state index contributed by atoms with van der Waals surface area (Å²) in [6.45, 7) is 5.41. The Morgan fingerprint density at radius 2 is 1.89 bits per heavy atom. The Morgan fingerprint density at radius 1 is 1.33 bits per heavy atom. The molecule has 0 spiro atoms. The van der Waals surface area contributed by atoms with Crippen LogP contribution in [-0.4, -0.2) is 25.5 Å². The Hall–Kier alpha value is -0.910.